The van der Waals surface area contributed by atoms with Gasteiger partial charge in [-0.05, 0) is 50.9 Å². The van der Waals surface area contributed by atoms with Gasteiger partial charge in [0.2, 0.25) is 0 Å². The van der Waals surface area contributed by atoms with E-state index in [1.165, 1.54) is 0 Å². The van der Waals surface area contributed by atoms with E-state index in [-0.39, 0.29) is 5.41 Å². The molecule has 1 aromatic heterocycles. The van der Waals surface area contributed by atoms with Gasteiger partial charge in [-0.25, -0.2) is 0 Å². The third kappa shape index (κ3) is 4.14. The van der Waals surface area contributed by atoms with Crippen molar-refractivity contribution in [1.82, 2.24) is 4.90 Å². The van der Waals surface area contributed by atoms with Crippen molar-refractivity contribution in [1.29, 1.82) is 0 Å². The highest BCUT2D eigenvalue weighted by molar-refractivity contribution is 5.09. The molecule has 0 aliphatic heterocycles. The lowest BCUT2D eigenvalue weighted by Gasteiger charge is -2.35. The average molecular weight is 252 g/mol. The summed E-state index contributed by atoms with van der Waals surface area (Å²) in [6, 6.07) is 4.42. The first-order valence-electron chi connectivity index (χ1n) is 6.90. The first kappa shape index (κ1) is 15.3. The second-order valence-corrected chi connectivity index (χ2v) is 5.96. The Morgan fingerprint density at radius 3 is 2.50 bits per heavy atom. The zero-order chi connectivity index (χ0) is 13.8. The van der Waals surface area contributed by atoms with Crippen LogP contribution >= 0.6 is 0 Å². The van der Waals surface area contributed by atoms with Gasteiger partial charge in [-0.1, -0.05) is 20.8 Å². The van der Waals surface area contributed by atoms with Gasteiger partial charge >= 0.3 is 0 Å². The molecule has 3 nitrogen and oxygen atoms in total. The average Bonchev–Trinajstić information content (AvgIpc) is 2.74. The molecule has 3 heteroatoms. The molecule has 18 heavy (non-hydrogen) atoms. The van der Waals surface area contributed by atoms with Gasteiger partial charge in [-0.3, -0.25) is 4.90 Å². The molecule has 0 saturated heterocycles. The molecule has 1 heterocycles. The van der Waals surface area contributed by atoms with Crippen LogP contribution in [0.25, 0.3) is 0 Å². The van der Waals surface area contributed by atoms with E-state index >= 15 is 0 Å². The molecule has 1 unspecified atom stereocenters. The quantitative estimate of drug-likeness (QED) is 0.809. The van der Waals surface area contributed by atoms with E-state index in [1.807, 2.05) is 13.0 Å². The Bertz CT molecular complexity index is 357. The van der Waals surface area contributed by atoms with E-state index in [9.17, 15) is 0 Å². The van der Waals surface area contributed by atoms with Crippen molar-refractivity contribution in [3.05, 3.63) is 23.7 Å². The molecule has 1 atom stereocenters. The Morgan fingerprint density at radius 1 is 1.39 bits per heavy atom. The highest BCUT2D eigenvalue weighted by atomic mass is 16.3. The zero-order valence-corrected chi connectivity index (χ0v) is 12.5. The summed E-state index contributed by atoms with van der Waals surface area (Å²) in [6.45, 7) is 13.6. The minimum absolute atomic E-state index is 0.144. The molecule has 0 saturated carbocycles. The third-order valence-electron chi connectivity index (χ3n) is 3.42. The van der Waals surface area contributed by atoms with Crippen molar-refractivity contribution >= 4 is 0 Å². The Morgan fingerprint density at radius 2 is 2.06 bits per heavy atom. The molecule has 0 spiro atoms. The second kappa shape index (κ2) is 6.39. The van der Waals surface area contributed by atoms with Crippen molar-refractivity contribution < 1.29 is 4.42 Å². The fourth-order valence-corrected chi connectivity index (χ4v) is 2.17. The van der Waals surface area contributed by atoms with E-state index < -0.39 is 0 Å². The number of furan rings is 1. The predicted molar refractivity (Wildman–Crippen MR) is 76.6 cm³/mol. The normalized spacial score (nSPS) is 14.2. The van der Waals surface area contributed by atoms with Gasteiger partial charge < -0.3 is 10.2 Å². The van der Waals surface area contributed by atoms with Gasteiger partial charge in [-0.2, -0.15) is 0 Å². The highest BCUT2D eigenvalue weighted by Gasteiger charge is 2.25. The fourth-order valence-electron chi connectivity index (χ4n) is 2.17. The van der Waals surface area contributed by atoms with Gasteiger partial charge in [0.05, 0.1) is 6.04 Å². The lowest BCUT2D eigenvalue weighted by Crippen LogP contribution is -2.40. The molecule has 1 rings (SSSR count). The minimum atomic E-state index is 0.144. The van der Waals surface area contributed by atoms with Crippen molar-refractivity contribution in [2.45, 2.75) is 47.1 Å². The van der Waals surface area contributed by atoms with Gasteiger partial charge in [-0.15, -0.1) is 0 Å². The van der Waals surface area contributed by atoms with Gasteiger partial charge in [0.1, 0.15) is 11.5 Å². The van der Waals surface area contributed by atoms with Crippen LogP contribution in [-0.2, 0) is 0 Å². The largest absolute Gasteiger partial charge is 0.465 e. The molecule has 2 N–H and O–H groups in total. The summed E-state index contributed by atoms with van der Waals surface area (Å²) in [7, 11) is 0. The molecular weight excluding hydrogens is 224 g/mol. The summed E-state index contributed by atoms with van der Waals surface area (Å²) >= 11 is 0. The van der Waals surface area contributed by atoms with E-state index in [4.69, 9.17) is 10.2 Å². The van der Waals surface area contributed by atoms with E-state index in [2.05, 4.69) is 38.7 Å². The SMILES string of the molecule is CCCN(CC(C)(C)CN)C(C)c1ccc(C)o1. The number of nitrogens with two attached hydrogens (primary N) is 1. The molecule has 0 aromatic carbocycles. The fraction of sp³-hybridized carbons (Fsp3) is 0.733. The van der Waals surface area contributed by atoms with Crippen LogP contribution in [0.15, 0.2) is 16.5 Å². The molecule has 0 aliphatic carbocycles. The lowest BCUT2D eigenvalue weighted by molar-refractivity contribution is 0.127. The van der Waals surface area contributed by atoms with Crippen LogP contribution in [-0.4, -0.2) is 24.5 Å². The molecule has 1 aromatic rings. The number of hydrogen-bond donors (Lipinski definition) is 1. The van der Waals surface area contributed by atoms with Crippen LogP contribution in [0.2, 0.25) is 0 Å². The van der Waals surface area contributed by atoms with Crippen molar-refractivity contribution in [2.75, 3.05) is 19.6 Å². The second-order valence-electron chi connectivity index (χ2n) is 5.96. The number of nitrogens with zero attached hydrogens (tertiary/aromatic N) is 1. The first-order chi connectivity index (χ1) is 8.39. The van der Waals surface area contributed by atoms with Crippen molar-refractivity contribution in [2.24, 2.45) is 11.1 Å². The van der Waals surface area contributed by atoms with Crippen LogP contribution in [0.1, 0.15) is 51.7 Å². The van der Waals surface area contributed by atoms with Crippen LogP contribution in [0.4, 0.5) is 0 Å². The molecule has 0 bridgehead atoms. The molecular formula is C15H28N2O. The molecule has 0 fully saturated rings. The monoisotopic (exact) mass is 252 g/mol. The molecule has 0 aliphatic rings. The Hall–Kier alpha value is -0.800. The summed E-state index contributed by atoms with van der Waals surface area (Å²) in [5.74, 6) is 2.03. The zero-order valence-electron chi connectivity index (χ0n) is 12.5. The summed E-state index contributed by atoms with van der Waals surface area (Å²) < 4.78 is 5.75. The summed E-state index contributed by atoms with van der Waals surface area (Å²) in [4.78, 5) is 2.46. The van der Waals surface area contributed by atoms with Crippen molar-refractivity contribution in [3.8, 4) is 0 Å². The van der Waals surface area contributed by atoms with Crippen LogP contribution in [0.5, 0.6) is 0 Å². The van der Waals surface area contributed by atoms with E-state index in [0.29, 0.717) is 12.6 Å². The maximum Gasteiger partial charge on any atom is 0.121 e. The Balaban J connectivity index is 2.78. The highest BCUT2D eigenvalue weighted by Crippen LogP contribution is 2.26. The third-order valence-corrected chi connectivity index (χ3v) is 3.42. The van der Waals surface area contributed by atoms with Crippen LogP contribution in [0.3, 0.4) is 0 Å². The van der Waals surface area contributed by atoms with Gasteiger partial charge in [0.15, 0.2) is 0 Å². The summed E-state index contributed by atoms with van der Waals surface area (Å²) in [5, 5.41) is 0. The smallest absolute Gasteiger partial charge is 0.121 e. The van der Waals surface area contributed by atoms with Crippen LogP contribution in [0, 0.1) is 12.3 Å². The Labute approximate surface area is 111 Å². The number of aryl methyl sites for hydroxylation is 1. The maximum atomic E-state index is 5.84. The molecule has 104 valence electrons. The molecule has 0 amide bonds. The number of hydrogen-bond acceptors (Lipinski definition) is 3. The molecule has 0 radical (unpaired) electrons. The predicted octanol–water partition coefficient (Wildman–Crippen LogP) is 3.35. The van der Waals surface area contributed by atoms with E-state index in [0.717, 1.165) is 31.0 Å². The van der Waals surface area contributed by atoms with Crippen molar-refractivity contribution in [3.63, 3.8) is 0 Å². The maximum absolute atomic E-state index is 5.84. The van der Waals surface area contributed by atoms with Gasteiger partial charge in [0, 0.05) is 6.54 Å². The van der Waals surface area contributed by atoms with Gasteiger partial charge in [0.25, 0.3) is 0 Å². The minimum Gasteiger partial charge on any atom is -0.465 e. The van der Waals surface area contributed by atoms with Crippen LogP contribution < -0.4 is 5.73 Å². The summed E-state index contributed by atoms with van der Waals surface area (Å²) in [5.41, 5.74) is 5.99. The Kier molecular flexibility index (Phi) is 5.42. The van der Waals surface area contributed by atoms with E-state index in [1.54, 1.807) is 0 Å². The first-order valence-corrected chi connectivity index (χ1v) is 6.90. The lowest BCUT2D eigenvalue weighted by atomic mass is 9.92. The number of rotatable bonds is 7. The standard InChI is InChI=1S/C15H28N2O/c1-6-9-17(11-15(4,5)10-16)13(3)14-8-7-12(2)18-14/h7-8,13H,6,9-11,16H2,1-5H3. The topological polar surface area (TPSA) is 42.4 Å². The summed E-state index contributed by atoms with van der Waals surface area (Å²) in [6.07, 6.45) is 1.14.